The van der Waals surface area contributed by atoms with E-state index in [4.69, 9.17) is 0 Å². The first-order valence-corrected chi connectivity index (χ1v) is 7.63. The molecule has 1 aromatic carbocycles. The molecular formula is C15H17N3OS. The Hall–Kier alpha value is -1.75. The monoisotopic (exact) mass is 287 g/mol. The van der Waals surface area contributed by atoms with Crippen LogP contribution < -0.4 is 5.32 Å². The number of aliphatic imine (C=N–C) groups is 1. The number of anilines is 1. The number of amides is 1. The van der Waals surface area contributed by atoms with Crippen molar-refractivity contribution in [3.63, 3.8) is 0 Å². The molecule has 2 heterocycles. The van der Waals surface area contributed by atoms with Crippen molar-refractivity contribution in [3.8, 4) is 0 Å². The summed E-state index contributed by atoms with van der Waals surface area (Å²) in [5.41, 5.74) is 3.20. The van der Waals surface area contributed by atoms with Crippen molar-refractivity contribution >= 4 is 34.2 Å². The summed E-state index contributed by atoms with van der Waals surface area (Å²) in [6.45, 7) is 5.61. The molecule has 5 heteroatoms. The van der Waals surface area contributed by atoms with E-state index in [1.54, 1.807) is 11.8 Å². The molecule has 2 aliphatic heterocycles. The van der Waals surface area contributed by atoms with E-state index >= 15 is 0 Å². The molecule has 0 saturated heterocycles. The van der Waals surface area contributed by atoms with Crippen molar-refractivity contribution in [1.82, 2.24) is 4.90 Å². The average molecular weight is 287 g/mol. The number of nitrogens with zero attached hydrogens (tertiary/aromatic N) is 2. The average Bonchev–Trinajstić information content (AvgIpc) is 3.02. The lowest BCUT2D eigenvalue weighted by Crippen LogP contribution is -2.20. The quantitative estimate of drug-likeness (QED) is 0.929. The fourth-order valence-corrected chi connectivity index (χ4v) is 3.12. The molecule has 3 rings (SSSR count). The number of carbonyl (C=O) groups is 1. The fraction of sp³-hybridized carbons (Fsp3) is 0.333. The van der Waals surface area contributed by atoms with Gasteiger partial charge in [0, 0.05) is 23.6 Å². The van der Waals surface area contributed by atoms with Gasteiger partial charge in [0.1, 0.15) is 0 Å². The van der Waals surface area contributed by atoms with Crippen LogP contribution in [0.25, 0.3) is 5.70 Å². The zero-order chi connectivity index (χ0) is 14.1. The van der Waals surface area contributed by atoms with E-state index in [1.165, 1.54) is 5.70 Å². The molecule has 0 unspecified atom stereocenters. The number of thioether (sulfide) groups is 1. The van der Waals surface area contributed by atoms with Gasteiger partial charge in [0.05, 0.1) is 12.2 Å². The number of rotatable bonds is 3. The predicted molar refractivity (Wildman–Crippen MR) is 84.5 cm³/mol. The Labute approximate surface area is 123 Å². The molecule has 4 nitrogen and oxygen atoms in total. The van der Waals surface area contributed by atoms with E-state index in [0.29, 0.717) is 0 Å². The van der Waals surface area contributed by atoms with Gasteiger partial charge in [0.25, 0.3) is 0 Å². The zero-order valence-electron chi connectivity index (χ0n) is 11.6. The molecule has 20 heavy (non-hydrogen) atoms. The Kier molecular flexibility index (Phi) is 3.53. The first-order chi connectivity index (χ1) is 9.65. The van der Waals surface area contributed by atoms with Crippen molar-refractivity contribution in [2.45, 2.75) is 13.8 Å². The number of benzene rings is 1. The Morgan fingerprint density at radius 3 is 2.80 bits per heavy atom. The van der Waals surface area contributed by atoms with E-state index in [2.05, 4.69) is 20.6 Å². The van der Waals surface area contributed by atoms with E-state index in [9.17, 15) is 4.79 Å². The molecule has 104 valence electrons. The number of hydrogen-bond donors (Lipinski definition) is 1. The first kappa shape index (κ1) is 13.2. The van der Waals surface area contributed by atoms with E-state index in [0.717, 1.165) is 29.5 Å². The third kappa shape index (κ3) is 2.45. The van der Waals surface area contributed by atoms with Gasteiger partial charge in [0.15, 0.2) is 5.17 Å². The highest BCUT2D eigenvalue weighted by atomic mass is 32.2. The molecule has 1 amide bonds. The van der Waals surface area contributed by atoms with Gasteiger partial charge in [-0.15, -0.1) is 0 Å². The molecule has 0 fully saturated rings. The largest absolute Gasteiger partial charge is 0.326 e. The Balaban J connectivity index is 1.74. The van der Waals surface area contributed by atoms with Crippen molar-refractivity contribution in [2.24, 2.45) is 10.9 Å². The summed E-state index contributed by atoms with van der Waals surface area (Å²) in [6, 6.07) is 7.99. The van der Waals surface area contributed by atoms with E-state index < -0.39 is 0 Å². The molecular weight excluding hydrogens is 270 g/mol. The van der Waals surface area contributed by atoms with Crippen LogP contribution in [0.5, 0.6) is 0 Å². The van der Waals surface area contributed by atoms with Crippen molar-refractivity contribution < 1.29 is 4.79 Å². The highest BCUT2D eigenvalue weighted by molar-refractivity contribution is 8.16. The van der Waals surface area contributed by atoms with Crippen LogP contribution in [0, 0.1) is 5.92 Å². The van der Waals surface area contributed by atoms with Gasteiger partial charge >= 0.3 is 0 Å². The molecule has 0 spiro atoms. The van der Waals surface area contributed by atoms with Gasteiger partial charge in [-0.1, -0.05) is 37.7 Å². The highest BCUT2D eigenvalue weighted by Gasteiger charge is 2.26. The minimum absolute atomic E-state index is 0.00742. The van der Waals surface area contributed by atoms with Crippen LogP contribution in [0.2, 0.25) is 0 Å². The van der Waals surface area contributed by atoms with Gasteiger partial charge < -0.3 is 10.2 Å². The second kappa shape index (κ2) is 5.32. The van der Waals surface area contributed by atoms with Gasteiger partial charge in [-0.2, -0.15) is 0 Å². The number of amidine groups is 1. The second-order valence-corrected chi connectivity index (χ2v) is 5.99. The van der Waals surface area contributed by atoms with E-state index in [1.807, 2.05) is 38.1 Å². The van der Waals surface area contributed by atoms with Crippen LogP contribution in [0.4, 0.5) is 5.69 Å². The van der Waals surface area contributed by atoms with Crippen molar-refractivity contribution in [3.05, 3.63) is 35.2 Å². The summed E-state index contributed by atoms with van der Waals surface area (Å²) in [4.78, 5) is 18.3. The predicted octanol–water partition coefficient (Wildman–Crippen LogP) is 3.00. The van der Waals surface area contributed by atoms with Crippen LogP contribution in [0.15, 0.2) is 34.7 Å². The van der Waals surface area contributed by atoms with E-state index in [-0.39, 0.29) is 11.8 Å². The van der Waals surface area contributed by atoms with Gasteiger partial charge in [-0.25, -0.2) is 0 Å². The Morgan fingerprint density at radius 1 is 1.35 bits per heavy atom. The zero-order valence-corrected chi connectivity index (χ0v) is 12.4. The number of hydrogen-bond acceptors (Lipinski definition) is 4. The lowest BCUT2D eigenvalue weighted by atomic mass is 10.1. The molecule has 1 N–H and O–H groups in total. The third-order valence-corrected chi connectivity index (χ3v) is 4.24. The number of carbonyl (C=O) groups excluding carboxylic acids is 1. The van der Waals surface area contributed by atoms with Gasteiger partial charge in [0.2, 0.25) is 5.91 Å². The number of nitrogens with one attached hydrogen (secondary N) is 1. The van der Waals surface area contributed by atoms with Crippen molar-refractivity contribution in [1.29, 1.82) is 0 Å². The summed E-state index contributed by atoms with van der Waals surface area (Å²) in [5, 5.41) is 6.14. The Morgan fingerprint density at radius 2 is 2.10 bits per heavy atom. The van der Waals surface area contributed by atoms with Gasteiger partial charge in [-0.05, 0) is 17.7 Å². The minimum atomic E-state index is -0.00742. The fourth-order valence-electron chi connectivity index (χ4n) is 2.16. The van der Waals surface area contributed by atoms with Crippen LogP contribution in [0.3, 0.4) is 0 Å². The molecule has 0 radical (unpaired) electrons. The molecule has 1 aromatic rings. The molecule has 0 aromatic heterocycles. The lowest BCUT2D eigenvalue weighted by molar-refractivity contribution is -0.118. The minimum Gasteiger partial charge on any atom is -0.326 e. The molecule has 0 saturated carbocycles. The maximum absolute atomic E-state index is 11.7. The highest BCUT2D eigenvalue weighted by Crippen LogP contribution is 2.35. The molecule has 2 aliphatic rings. The van der Waals surface area contributed by atoms with Crippen LogP contribution in [-0.2, 0) is 4.79 Å². The first-order valence-electron chi connectivity index (χ1n) is 6.75. The van der Waals surface area contributed by atoms with Gasteiger partial charge in [-0.3, -0.25) is 9.79 Å². The van der Waals surface area contributed by atoms with Crippen molar-refractivity contribution in [2.75, 3.05) is 18.4 Å². The lowest BCUT2D eigenvalue weighted by Gasteiger charge is -2.17. The smallest absolute Gasteiger partial charge is 0.226 e. The topological polar surface area (TPSA) is 44.7 Å². The second-order valence-electron chi connectivity index (χ2n) is 5.16. The van der Waals surface area contributed by atoms with Crippen LogP contribution >= 0.6 is 11.8 Å². The molecule has 0 bridgehead atoms. The summed E-state index contributed by atoms with van der Waals surface area (Å²) in [6.07, 6.45) is 0. The summed E-state index contributed by atoms with van der Waals surface area (Å²) >= 11 is 1.68. The SMILES string of the molecule is CC(C)C(=O)Nc1ccc(C2=CSC3=NCCN23)cc1. The summed E-state index contributed by atoms with van der Waals surface area (Å²) < 4.78 is 0. The summed E-state index contributed by atoms with van der Waals surface area (Å²) in [7, 11) is 0. The standard InChI is InChI=1S/C15H17N3OS/c1-10(2)14(19)17-12-5-3-11(4-6-12)13-9-20-15-16-7-8-18(13)15/h3-6,9-10H,7-8H2,1-2H3,(H,17,19). The normalized spacial score (nSPS) is 17.1. The maximum Gasteiger partial charge on any atom is 0.226 e. The molecule has 0 atom stereocenters. The summed E-state index contributed by atoms with van der Waals surface area (Å²) in [5.74, 6) is 0.0364. The maximum atomic E-state index is 11.7. The van der Waals surface area contributed by atoms with Crippen LogP contribution in [0.1, 0.15) is 19.4 Å². The third-order valence-electron chi connectivity index (χ3n) is 3.34. The molecule has 0 aliphatic carbocycles. The number of fused-ring (bicyclic) bond motifs is 1. The Bertz CT molecular complexity index is 590. The van der Waals surface area contributed by atoms with Crippen LogP contribution in [-0.4, -0.2) is 29.1 Å².